The molecular formula is C18H16ClN3O3. The predicted octanol–water partition coefficient (Wildman–Crippen LogP) is 3.69. The van der Waals surface area contributed by atoms with Gasteiger partial charge in [0.15, 0.2) is 5.82 Å². The molecule has 0 aliphatic heterocycles. The molecular weight excluding hydrogens is 342 g/mol. The summed E-state index contributed by atoms with van der Waals surface area (Å²) in [4.78, 5) is 16.2. The predicted molar refractivity (Wildman–Crippen MR) is 96.0 cm³/mol. The number of rotatable bonds is 4. The van der Waals surface area contributed by atoms with Crippen molar-refractivity contribution in [2.75, 3.05) is 0 Å². The summed E-state index contributed by atoms with van der Waals surface area (Å²) in [6.45, 7) is 3.79. The van der Waals surface area contributed by atoms with Gasteiger partial charge in [-0.1, -0.05) is 23.7 Å². The fraction of sp³-hybridized carbons (Fsp3) is 0.167. The molecule has 0 amide bonds. The number of aryl methyl sites for hydroxylation is 1. The minimum atomic E-state index is -0.626. The Morgan fingerprint density at radius 1 is 1.32 bits per heavy atom. The molecule has 0 radical (unpaired) electrons. The van der Waals surface area contributed by atoms with Crippen LogP contribution in [0, 0.1) is 6.92 Å². The molecule has 0 spiro atoms. The molecule has 6 nitrogen and oxygen atoms in total. The molecule has 0 aliphatic carbocycles. The third kappa shape index (κ3) is 3.97. The lowest BCUT2D eigenvalue weighted by molar-refractivity contribution is 0.432. The summed E-state index contributed by atoms with van der Waals surface area (Å²) in [5, 5.41) is 15.0. The van der Waals surface area contributed by atoms with E-state index in [0.29, 0.717) is 28.9 Å². The Morgan fingerprint density at radius 3 is 2.72 bits per heavy atom. The molecule has 0 saturated carbocycles. The number of hydrogen-bond acceptors (Lipinski definition) is 5. The number of aromatic hydroxyl groups is 1. The van der Waals surface area contributed by atoms with Crippen molar-refractivity contribution in [1.82, 2.24) is 9.78 Å². The van der Waals surface area contributed by atoms with Gasteiger partial charge in [-0.25, -0.2) is 9.79 Å². The van der Waals surface area contributed by atoms with Gasteiger partial charge in [-0.05, 0) is 31.5 Å². The van der Waals surface area contributed by atoms with E-state index in [1.807, 2.05) is 24.3 Å². The summed E-state index contributed by atoms with van der Waals surface area (Å²) in [5.41, 5.74) is 0.803. The third-order valence-corrected chi connectivity index (χ3v) is 3.83. The first-order chi connectivity index (χ1) is 11.9. The molecule has 0 bridgehead atoms. The summed E-state index contributed by atoms with van der Waals surface area (Å²) in [7, 11) is 0. The van der Waals surface area contributed by atoms with Crippen molar-refractivity contribution < 1.29 is 9.52 Å². The number of aliphatic imine (C=N–C) groups is 1. The van der Waals surface area contributed by atoms with E-state index in [4.69, 9.17) is 16.0 Å². The zero-order valence-electron chi connectivity index (χ0n) is 13.7. The molecule has 2 aromatic heterocycles. The summed E-state index contributed by atoms with van der Waals surface area (Å²) in [6, 6.07) is 10.6. The van der Waals surface area contributed by atoms with Gasteiger partial charge in [0.05, 0.1) is 12.3 Å². The minimum Gasteiger partial charge on any atom is -0.507 e. The van der Waals surface area contributed by atoms with Crippen molar-refractivity contribution in [2.24, 2.45) is 4.99 Å². The Labute approximate surface area is 149 Å². The Hall–Kier alpha value is -2.86. The summed E-state index contributed by atoms with van der Waals surface area (Å²) in [5.74, 6) is 0.618. The summed E-state index contributed by atoms with van der Waals surface area (Å²) in [6.07, 6.45) is 1.79. The van der Waals surface area contributed by atoms with Crippen LogP contribution in [0.25, 0.3) is 0 Å². The molecule has 25 heavy (non-hydrogen) atoms. The van der Waals surface area contributed by atoms with Crippen LogP contribution in [0.5, 0.6) is 5.75 Å². The van der Waals surface area contributed by atoms with Gasteiger partial charge in [-0.15, -0.1) is 0 Å². The average Bonchev–Trinajstić information content (AvgIpc) is 2.95. The van der Waals surface area contributed by atoms with Gasteiger partial charge in [-0.2, -0.15) is 5.10 Å². The van der Waals surface area contributed by atoms with E-state index in [0.717, 1.165) is 5.56 Å². The largest absolute Gasteiger partial charge is 0.507 e. The van der Waals surface area contributed by atoms with Crippen molar-refractivity contribution in [2.45, 2.75) is 20.4 Å². The van der Waals surface area contributed by atoms with Gasteiger partial charge in [-0.3, -0.25) is 4.68 Å². The summed E-state index contributed by atoms with van der Waals surface area (Å²) < 4.78 is 6.74. The molecule has 1 N–H and O–H groups in total. The van der Waals surface area contributed by atoms with Crippen molar-refractivity contribution in [3.63, 3.8) is 0 Å². The lowest BCUT2D eigenvalue weighted by Gasteiger charge is -2.03. The molecule has 3 rings (SSSR count). The highest BCUT2D eigenvalue weighted by molar-refractivity contribution is 6.30. The van der Waals surface area contributed by atoms with E-state index in [2.05, 4.69) is 10.1 Å². The van der Waals surface area contributed by atoms with Crippen LogP contribution in [-0.2, 0) is 6.54 Å². The van der Waals surface area contributed by atoms with Gasteiger partial charge in [0, 0.05) is 23.4 Å². The lowest BCUT2D eigenvalue weighted by atomic mass is 10.1. The maximum absolute atomic E-state index is 11.9. The Bertz CT molecular complexity index is 988. The topological polar surface area (TPSA) is 80.6 Å². The van der Waals surface area contributed by atoms with Gasteiger partial charge in [0.1, 0.15) is 17.1 Å². The third-order valence-electron chi connectivity index (χ3n) is 3.58. The second-order valence-corrected chi connectivity index (χ2v) is 6.04. The van der Waals surface area contributed by atoms with Crippen LogP contribution < -0.4 is 5.63 Å². The van der Waals surface area contributed by atoms with Crippen LogP contribution in [-0.4, -0.2) is 20.6 Å². The number of aromatic nitrogens is 2. The molecule has 0 saturated heterocycles. The SMILES string of the molecule is CC(=Nc1ccn(Cc2ccc(Cl)cc2)n1)c1c(O)cc(C)oc1=O. The van der Waals surface area contributed by atoms with Gasteiger partial charge >= 0.3 is 5.63 Å². The highest BCUT2D eigenvalue weighted by Gasteiger charge is 2.13. The van der Waals surface area contributed by atoms with E-state index in [9.17, 15) is 9.90 Å². The summed E-state index contributed by atoms with van der Waals surface area (Å²) >= 11 is 5.88. The van der Waals surface area contributed by atoms with E-state index in [1.165, 1.54) is 6.07 Å². The van der Waals surface area contributed by atoms with Gasteiger partial charge < -0.3 is 9.52 Å². The fourth-order valence-electron chi connectivity index (χ4n) is 2.43. The van der Waals surface area contributed by atoms with Crippen LogP contribution in [0.1, 0.15) is 23.8 Å². The van der Waals surface area contributed by atoms with Crippen molar-refractivity contribution >= 4 is 23.1 Å². The average molecular weight is 358 g/mol. The van der Waals surface area contributed by atoms with Gasteiger partial charge in [0.25, 0.3) is 0 Å². The zero-order chi connectivity index (χ0) is 18.0. The molecule has 7 heteroatoms. The number of nitrogens with zero attached hydrogens (tertiary/aromatic N) is 3. The molecule has 2 heterocycles. The number of benzene rings is 1. The second kappa shape index (κ2) is 6.94. The van der Waals surface area contributed by atoms with E-state index in [-0.39, 0.29) is 11.3 Å². The van der Waals surface area contributed by atoms with E-state index in [1.54, 1.807) is 30.8 Å². The van der Waals surface area contributed by atoms with Crippen molar-refractivity contribution in [1.29, 1.82) is 0 Å². The van der Waals surface area contributed by atoms with Crippen molar-refractivity contribution in [3.05, 3.63) is 74.9 Å². The molecule has 0 unspecified atom stereocenters. The fourth-order valence-corrected chi connectivity index (χ4v) is 2.56. The van der Waals surface area contributed by atoms with E-state index < -0.39 is 5.63 Å². The number of hydrogen-bond donors (Lipinski definition) is 1. The molecule has 3 aromatic rings. The molecule has 128 valence electrons. The second-order valence-electron chi connectivity index (χ2n) is 5.60. The van der Waals surface area contributed by atoms with Crippen LogP contribution in [0.2, 0.25) is 5.02 Å². The molecule has 0 aliphatic rings. The minimum absolute atomic E-state index is 0.0397. The maximum atomic E-state index is 11.9. The van der Waals surface area contributed by atoms with Gasteiger partial charge in [0.2, 0.25) is 0 Å². The Kier molecular flexibility index (Phi) is 4.72. The first-order valence-electron chi connectivity index (χ1n) is 7.59. The first kappa shape index (κ1) is 17.0. The normalized spacial score (nSPS) is 11.7. The van der Waals surface area contributed by atoms with E-state index >= 15 is 0 Å². The van der Waals surface area contributed by atoms with Crippen LogP contribution in [0.4, 0.5) is 5.82 Å². The van der Waals surface area contributed by atoms with Crippen molar-refractivity contribution in [3.8, 4) is 5.75 Å². The number of halogens is 1. The quantitative estimate of drug-likeness (QED) is 0.722. The zero-order valence-corrected chi connectivity index (χ0v) is 14.5. The first-order valence-corrected chi connectivity index (χ1v) is 7.97. The highest BCUT2D eigenvalue weighted by atomic mass is 35.5. The monoisotopic (exact) mass is 357 g/mol. The molecule has 0 fully saturated rings. The molecule has 0 atom stereocenters. The lowest BCUT2D eigenvalue weighted by Crippen LogP contribution is -2.13. The highest BCUT2D eigenvalue weighted by Crippen LogP contribution is 2.18. The Balaban J connectivity index is 1.84. The molecule has 1 aromatic carbocycles. The van der Waals surface area contributed by atoms with Crippen LogP contribution in [0.15, 0.2) is 56.8 Å². The van der Waals surface area contributed by atoms with Crippen LogP contribution in [0.3, 0.4) is 0 Å². The smallest absolute Gasteiger partial charge is 0.348 e. The standard InChI is InChI=1S/C18H16ClN3O3/c1-11-9-15(23)17(18(24)25-11)12(2)20-16-7-8-22(21-16)10-13-3-5-14(19)6-4-13/h3-9,23H,10H2,1-2H3. The maximum Gasteiger partial charge on any atom is 0.348 e. The Morgan fingerprint density at radius 2 is 2.04 bits per heavy atom. The van der Waals surface area contributed by atoms with Crippen LogP contribution >= 0.6 is 11.6 Å².